The molecule has 1 heterocycles. The van der Waals surface area contributed by atoms with Crippen LogP contribution in [-0.2, 0) is 22.4 Å². The van der Waals surface area contributed by atoms with Crippen molar-refractivity contribution < 1.29 is 9.47 Å². The van der Waals surface area contributed by atoms with E-state index in [1.807, 2.05) is 17.8 Å². The molecule has 0 radical (unpaired) electrons. The second kappa shape index (κ2) is 9.66. The van der Waals surface area contributed by atoms with Gasteiger partial charge >= 0.3 is 0 Å². The Morgan fingerprint density at radius 3 is 2.75 bits per heavy atom. The highest BCUT2D eigenvalue weighted by atomic mass is 16.5. The van der Waals surface area contributed by atoms with Crippen molar-refractivity contribution in [2.45, 2.75) is 40.2 Å². The molecule has 5 nitrogen and oxygen atoms in total. The van der Waals surface area contributed by atoms with Crippen molar-refractivity contribution in [3.8, 4) is 0 Å². The molecule has 0 bridgehead atoms. The molecular formula is C15H27N3O2. The van der Waals surface area contributed by atoms with E-state index in [-0.39, 0.29) is 0 Å². The Kier molecular flexibility index (Phi) is 8.14. The minimum absolute atomic E-state index is 0.599. The number of rotatable bonds is 11. The fourth-order valence-electron chi connectivity index (χ4n) is 1.62. The molecule has 114 valence electrons. The predicted octanol–water partition coefficient (Wildman–Crippen LogP) is 2.48. The quantitative estimate of drug-likeness (QED) is 0.462. The third-order valence-electron chi connectivity index (χ3n) is 2.75. The molecule has 0 amide bonds. The van der Waals surface area contributed by atoms with E-state index in [4.69, 9.17) is 9.47 Å². The Labute approximate surface area is 122 Å². The smallest absolute Gasteiger partial charge is 0.0827 e. The first-order valence-corrected chi connectivity index (χ1v) is 7.27. The van der Waals surface area contributed by atoms with Gasteiger partial charge in [-0.05, 0) is 25.7 Å². The van der Waals surface area contributed by atoms with E-state index >= 15 is 0 Å². The van der Waals surface area contributed by atoms with Gasteiger partial charge in [0, 0.05) is 6.20 Å². The van der Waals surface area contributed by atoms with Gasteiger partial charge in [-0.1, -0.05) is 31.2 Å². The zero-order valence-electron chi connectivity index (χ0n) is 13.0. The van der Waals surface area contributed by atoms with Crippen LogP contribution in [0, 0.1) is 5.92 Å². The molecule has 0 spiro atoms. The summed E-state index contributed by atoms with van der Waals surface area (Å²) < 4.78 is 12.7. The number of hydrogen-bond donors (Lipinski definition) is 0. The van der Waals surface area contributed by atoms with E-state index < -0.39 is 0 Å². The van der Waals surface area contributed by atoms with Gasteiger partial charge in [0.05, 0.1) is 38.7 Å². The van der Waals surface area contributed by atoms with Gasteiger partial charge < -0.3 is 9.47 Å². The third kappa shape index (κ3) is 8.07. The number of aryl methyl sites for hydroxylation is 1. The first-order valence-electron chi connectivity index (χ1n) is 7.27. The fraction of sp³-hybridized carbons (Fsp3) is 0.733. The average molecular weight is 281 g/mol. The topological polar surface area (TPSA) is 49.2 Å². The Hall–Kier alpha value is -1.20. The third-order valence-corrected chi connectivity index (χ3v) is 2.75. The Balaban J connectivity index is 2.06. The number of nitrogens with zero attached hydrogens (tertiary/aromatic N) is 3. The summed E-state index contributed by atoms with van der Waals surface area (Å²) in [5.74, 6) is 0.697. The Bertz CT molecular complexity index is 388. The van der Waals surface area contributed by atoms with E-state index in [1.54, 1.807) is 0 Å². The Morgan fingerprint density at radius 1 is 1.30 bits per heavy atom. The van der Waals surface area contributed by atoms with Crippen molar-refractivity contribution in [2.75, 3.05) is 26.4 Å². The first-order chi connectivity index (χ1) is 9.58. The van der Waals surface area contributed by atoms with Crippen LogP contribution >= 0.6 is 0 Å². The predicted molar refractivity (Wildman–Crippen MR) is 79.6 cm³/mol. The van der Waals surface area contributed by atoms with Crippen LogP contribution in [0.4, 0.5) is 0 Å². The second-order valence-electron chi connectivity index (χ2n) is 5.53. The Morgan fingerprint density at radius 2 is 2.05 bits per heavy atom. The standard InChI is InChI=1S/C15H27N3O2/c1-13(2)5-6-15-11-18(17-16-15)7-8-19-9-10-20-12-14(3)4/h11,13H,3,5-10,12H2,1-2,4H3. The summed E-state index contributed by atoms with van der Waals surface area (Å²) in [5, 5.41) is 8.25. The van der Waals surface area contributed by atoms with Crippen LogP contribution in [0.15, 0.2) is 18.3 Å². The first kappa shape index (κ1) is 16.9. The van der Waals surface area contributed by atoms with E-state index in [1.165, 1.54) is 0 Å². The molecule has 0 aliphatic rings. The van der Waals surface area contributed by atoms with Crippen molar-refractivity contribution >= 4 is 0 Å². The molecule has 0 aliphatic carbocycles. The summed E-state index contributed by atoms with van der Waals surface area (Å²) in [4.78, 5) is 0. The molecule has 0 aromatic carbocycles. The van der Waals surface area contributed by atoms with Crippen LogP contribution in [0.3, 0.4) is 0 Å². The van der Waals surface area contributed by atoms with Crippen molar-refractivity contribution in [3.63, 3.8) is 0 Å². The molecule has 0 saturated carbocycles. The SMILES string of the molecule is C=C(C)COCCOCCn1cc(CCC(C)C)nn1. The monoisotopic (exact) mass is 281 g/mol. The van der Waals surface area contributed by atoms with Crippen molar-refractivity contribution in [2.24, 2.45) is 5.92 Å². The molecule has 0 fully saturated rings. The molecular weight excluding hydrogens is 254 g/mol. The maximum Gasteiger partial charge on any atom is 0.0827 e. The highest BCUT2D eigenvalue weighted by molar-refractivity contribution is 4.92. The van der Waals surface area contributed by atoms with Gasteiger partial charge in [0.25, 0.3) is 0 Å². The summed E-state index contributed by atoms with van der Waals surface area (Å²) in [6.45, 7) is 13.3. The maximum atomic E-state index is 5.48. The van der Waals surface area contributed by atoms with Crippen molar-refractivity contribution in [3.05, 3.63) is 24.0 Å². The normalized spacial score (nSPS) is 11.2. The van der Waals surface area contributed by atoms with E-state index in [2.05, 4.69) is 30.7 Å². The summed E-state index contributed by atoms with van der Waals surface area (Å²) in [5.41, 5.74) is 2.09. The van der Waals surface area contributed by atoms with Gasteiger partial charge in [0.1, 0.15) is 0 Å². The summed E-state index contributed by atoms with van der Waals surface area (Å²) in [6.07, 6.45) is 4.14. The number of hydrogen-bond acceptors (Lipinski definition) is 4. The van der Waals surface area contributed by atoms with Crippen LogP contribution in [0.5, 0.6) is 0 Å². The summed E-state index contributed by atoms with van der Waals surface area (Å²) in [7, 11) is 0. The van der Waals surface area contributed by atoms with E-state index in [0.717, 1.165) is 30.7 Å². The van der Waals surface area contributed by atoms with Gasteiger partial charge in [0.2, 0.25) is 0 Å². The molecule has 1 aromatic heterocycles. The van der Waals surface area contributed by atoms with Gasteiger partial charge in [-0.3, -0.25) is 0 Å². The molecule has 1 aromatic rings. The van der Waals surface area contributed by atoms with E-state index in [9.17, 15) is 0 Å². The molecule has 0 unspecified atom stereocenters. The minimum atomic E-state index is 0.599. The van der Waals surface area contributed by atoms with Crippen LogP contribution in [-0.4, -0.2) is 41.4 Å². The van der Waals surface area contributed by atoms with Gasteiger partial charge in [0.15, 0.2) is 0 Å². The summed E-state index contributed by atoms with van der Waals surface area (Å²) in [6, 6.07) is 0. The number of aromatic nitrogens is 3. The van der Waals surface area contributed by atoms with Gasteiger partial charge in [-0.25, -0.2) is 4.68 Å². The van der Waals surface area contributed by atoms with Gasteiger partial charge in [-0.15, -0.1) is 5.10 Å². The lowest BCUT2D eigenvalue weighted by atomic mass is 10.1. The lowest BCUT2D eigenvalue weighted by Gasteiger charge is -2.05. The van der Waals surface area contributed by atoms with Crippen LogP contribution in [0.2, 0.25) is 0 Å². The van der Waals surface area contributed by atoms with Crippen LogP contribution in [0.1, 0.15) is 32.9 Å². The highest BCUT2D eigenvalue weighted by Gasteiger charge is 2.02. The van der Waals surface area contributed by atoms with Crippen molar-refractivity contribution in [1.29, 1.82) is 0 Å². The average Bonchev–Trinajstić information content (AvgIpc) is 2.83. The van der Waals surface area contributed by atoms with Crippen LogP contribution < -0.4 is 0 Å². The maximum absolute atomic E-state index is 5.48. The lowest BCUT2D eigenvalue weighted by molar-refractivity contribution is 0.0519. The molecule has 1 rings (SSSR count). The van der Waals surface area contributed by atoms with Crippen LogP contribution in [0.25, 0.3) is 0 Å². The molecule has 0 atom stereocenters. The molecule has 20 heavy (non-hydrogen) atoms. The largest absolute Gasteiger partial charge is 0.377 e. The number of ether oxygens (including phenoxy) is 2. The lowest BCUT2D eigenvalue weighted by Crippen LogP contribution is -2.11. The summed E-state index contributed by atoms with van der Waals surface area (Å²) >= 11 is 0. The zero-order chi connectivity index (χ0) is 14.8. The van der Waals surface area contributed by atoms with Gasteiger partial charge in [-0.2, -0.15) is 0 Å². The zero-order valence-corrected chi connectivity index (χ0v) is 13.0. The van der Waals surface area contributed by atoms with E-state index in [0.29, 0.717) is 32.3 Å². The molecule has 0 saturated heterocycles. The molecule has 0 aliphatic heterocycles. The molecule has 0 N–H and O–H groups in total. The second-order valence-corrected chi connectivity index (χ2v) is 5.53. The fourth-order valence-corrected chi connectivity index (χ4v) is 1.62. The minimum Gasteiger partial charge on any atom is -0.377 e. The highest BCUT2D eigenvalue weighted by Crippen LogP contribution is 2.05. The van der Waals surface area contributed by atoms with Crippen molar-refractivity contribution in [1.82, 2.24) is 15.0 Å². The molecule has 5 heteroatoms.